The lowest BCUT2D eigenvalue weighted by Gasteiger charge is -2.12. The summed E-state index contributed by atoms with van der Waals surface area (Å²) in [6.07, 6.45) is 1.51. The van der Waals surface area contributed by atoms with Crippen molar-refractivity contribution in [2.75, 3.05) is 5.32 Å². The van der Waals surface area contributed by atoms with Crippen molar-refractivity contribution in [2.24, 2.45) is 0 Å². The summed E-state index contributed by atoms with van der Waals surface area (Å²) in [4.78, 5) is 8.55. The first-order valence-electron chi connectivity index (χ1n) is 8.33. The molecule has 0 bridgehead atoms. The van der Waals surface area contributed by atoms with E-state index in [-0.39, 0.29) is 24.8 Å². The van der Waals surface area contributed by atoms with Crippen LogP contribution in [0, 0.1) is 5.82 Å². The topological polar surface area (TPSA) is 47.0 Å². The fourth-order valence-electron chi connectivity index (χ4n) is 2.71. The number of rotatable bonds is 5. The van der Waals surface area contributed by atoms with Gasteiger partial charge < -0.3 is 10.1 Å². The van der Waals surface area contributed by atoms with Gasteiger partial charge in [0.05, 0.1) is 10.5 Å². The van der Waals surface area contributed by atoms with Crippen LogP contribution < -0.4 is 10.1 Å². The predicted octanol–water partition coefficient (Wildman–Crippen LogP) is 6.17. The number of ether oxygens (including phenoxy) is 1. The van der Waals surface area contributed by atoms with Crippen molar-refractivity contribution in [2.45, 2.75) is 6.61 Å². The van der Waals surface area contributed by atoms with Gasteiger partial charge in [-0.1, -0.05) is 41.9 Å². The Balaban J connectivity index is 0.00000225. The molecule has 4 nitrogen and oxygen atoms in total. The van der Waals surface area contributed by atoms with Gasteiger partial charge in [0, 0.05) is 16.6 Å². The molecule has 0 aliphatic carbocycles. The van der Waals surface area contributed by atoms with Crippen LogP contribution in [-0.2, 0) is 6.61 Å². The molecule has 4 aromatic rings. The van der Waals surface area contributed by atoms with E-state index in [4.69, 9.17) is 16.3 Å². The Morgan fingerprint density at radius 1 is 0.964 bits per heavy atom. The third-order valence-electron chi connectivity index (χ3n) is 4.08. The van der Waals surface area contributed by atoms with Crippen LogP contribution in [0.2, 0.25) is 5.02 Å². The molecule has 4 rings (SSSR count). The van der Waals surface area contributed by atoms with Crippen LogP contribution in [0.1, 0.15) is 5.56 Å². The fraction of sp³-hybridized carbons (Fsp3) is 0.0476. The van der Waals surface area contributed by atoms with Gasteiger partial charge in [-0.25, -0.2) is 14.4 Å². The standard InChI is InChI=1S/C21H15ClFN3O.ClH/c22-17-11-15(26-21-16-6-2-4-8-19(16)24-13-25-21)9-10-20(17)27-12-14-5-1-3-7-18(14)23;/h1-11,13H,12H2,(H,24,25,26);1H. The van der Waals surface area contributed by atoms with E-state index in [0.717, 1.165) is 16.6 Å². The Morgan fingerprint density at radius 3 is 2.57 bits per heavy atom. The first-order chi connectivity index (χ1) is 13.2. The highest BCUT2D eigenvalue weighted by atomic mass is 35.5. The Labute approximate surface area is 172 Å². The second kappa shape index (κ2) is 8.87. The van der Waals surface area contributed by atoms with E-state index in [1.807, 2.05) is 30.3 Å². The zero-order valence-corrected chi connectivity index (χ0v) is 16.2. The van der Waals surface area contributed by atoms with Crippen molar-refractivity contribution in [1.82, 2.24) is 9.97 Å². The van der Waals surface area contributed by atoms with E-state index in [1.54, 1.807) is 30.3 Å². The molecule has 0 amide bonds. The molecule has 0 saturated heterocycles. The summed E-state index contributed by atoms with van der Waals surface area (Å²) in [7, 11) is 0. The first-order valence-corrected chi connectivity index (χ1v) is 8.71. The Kier molecular flexibility index (Phi) is 6.29. The minimum absolute atomic E-state index is 0. The van der Waals surface area contributed by atoms with Gasteiger partial charge in [-0.2, -0.15) is 0 Å². The summed E-state index contributed by atoms with van der Waals surface area (Å²) in [6.45, 7) is 0.107. The van der Waals surface area contributed by atoms with Crippen molar-refractivity contribution in [1.29, 1.82) is 0 Å². The lowest BCUT2D eigenvalue weighted by molar-refractivity contribution is 0.300. The van der Waals surface area contributed by atoms with E-state index in [1.165, 1.54) is 12.4 Å². The molecule has 142 valence electrons. The van der Waals surface area contributed by atoms with Gasteiger partial charge in [-0.3, -0.25) is 0 Å². The summed E-state index contributed by atoms with van der Waals surface area (Å²) in [5.74, 6) is 0.872. The molecule has 3 aromatic carbocycles. The highest BCUT2D eigenvalue weighted by Gasteiger charge is 2.08. The molecule has 0 spiro atoms. The first kappa shape index (κ1) is 19.9. The van der Waals surface area contributed by atoms with Gasteiger partial charge in [0.2, 0.25) is 0 Å². The number of benzene rings is 3. The molecule has 7 heteroatoms. The molecule has 1 N–H and O–H groups in total. The maximum Gasteiger partial charge on any atom is 0.141 e. The summed E-state index contributed by atoms with van der Waals surface area (Å²) < 4.78 is 19.3. The van der Waals surface area contributed by atoms with Gasteiger partial charge in [-0.15, -0.1) is 12.4 Å². The van der Waals surface area contributed by atoms with Gasteiger partial charge in [-0.05, 0) is 36.4 Å². The Morgan fingerprint density at radius 2 is 1.75 bits per heavy atom. The number of para-hydroxylation sites is 1. The van der Waals surface area contributed by atoms with E-state index < -0.39 is 0 Å². The molecule has 1 heterocycles. The number of nitrogens with zero attached hydrogens (tertiary/aromatic N) is 2. The number of hydrogen-bond donors (Lipinski definition) is 1. The van der Waals surface area contributed by atoms with E-state index in [9.17, 15) is 4.39 Å². The number of fused-ring (bicyclic) bond motifs is 1. The number of nitrogens with one attached hydrogen (secondary N) is 1. The summed E-state index contributed by atoms with van der Waals surface area (Å²) in [5, 5.41) is 4.59. The zero-order chi connectivity index (χ0) is 18.6. The molecule has 0 aliphatic heterocycles. The summed E-state index contributed by atoms with van der Waals surface area (Å²) >= 11 is 6.33. The number of hydrogen-bond acceptors (Lipinski definition) is 4. The smallest absolute Gasteiger partial charge is 0.141 e. The third kappa shape index (κ3) is 4.32. The van der Waals surface area contributed by atoms with Crippen LogP contribution in [0.25, 0.3) is 10.9 Å². The van der Waals surface area contributed by atoms with Gasteiger partial charge >= 0.3 is 0 Å². The molecule has 0 atom stereocenters. The minimum Gasteiger partial charge on any atom is -0.487 e. The van der Waals surface area contributed by atoms with Gasteiger partial charge in [0.1, 0.15) is 30.3 Å². The van der Waals surface area contributed by atoms with Crippen LogP contribution in [0.15, 0.2) is 73.1 Å². The van der Waals surface area contributed by atoms with Gasteiger partial charge in [0.25, 0.3) is 0 Å². The van der Waals surface area contributed by atoms with Crippen molar-refractivity contribution >= 4 is 46.4 Å². The van der Waals surface area contributed by atoms with E-state index >= 15 is 0 Å². The molecule has 1 aromatic heterocycles. The molecule has 0 fully saturated rings. The molecule has 28 heavy (non-hydrogen) atoms. The third-order valence-corrected chi connectivity index (χ3v) is 4.37. The average Bonchev–Trinajstić information content (AvgIpc) is 2.69. The van der Waals surface area contributed by atoms with Crippen LogP contribution in [-0.4, -0.2) is 9.97 Å². The zero-order valence-electron chi connectivity index (χ0n) is 14.6. The van der Waals surface area contributed by atoms with Crippen molar-refractivity contribution < 1.29 is 9.13 Å². The predicted molar refractivity (Wildman–Crippen MR) is 112 cm³/mol. The quantitative estimate of drug-likeness (QED) is 0.423. The fourth-order valence-corrected chi connectivity index (χ4v) is 2.94. The van der Waals surface area contributed by atoms with E-state index in [2.05, 4.69) is 15.3 Å². The number of aromatic nitrogens is 2. The minimum atomic E-state index is -0.303. The van der Waals surface area contributed by atoms with Crippen molar-refractivity contribution in [3.63, 3.8) is 0 Å². The van der Waals surface area contributed by atoms with Crippen molar-refractivity contribution in [3.8, 4) is 5.75 Å². The molecule has 0 saturated carbocycles. The molecular formula is C21H16Cl2FN3O. The van der Waals surface area contributed by atoms with Gasteiger partial charge in [0.15, 0.2) is 0 Å². The van der Waals surface area contributed by atoms with Crippen molar-refractivity contribution in [3.05, 3.63) is 89.5 Å². The second-order valence-corrected chi connectivity index (χ2v) is 6.30. The lowest BCUT2D eigenvalue weighted by atomic mass is 10.2. The SMILES string of the molecule is Cl.Fc1ccccc1COc1ccc(Nc2ncnc3ccccc23)cc1Cl. The van der Waals surface area contributed by atoms with Crippen LogP contribution in [0.3, 0.4) is 0 Å². The summed E-state index contributed by atoms with van der Waals surface area (Å²) in [6, 6.07) is 19.6. The maximum atomic E-state index is 13.7. The number of halogens is 3. The average molecular weight is 416 g/mol. The molecule has 0 radical (unpaired) electrons. The molecule has 0 unspecified atom stereocenters. The van der Waals surface area contributed by atoms with Crippen LogP contribution in [0.5, 0.6) is 5.75 Å². The highest BCUT2D eigenvalue weighted by molar-refractivity contribution is 6.32. The maximum absolute atomic E-state index is 13.7. The van der Waals surface area contributed by atoms with Crippen LogP contribution in [0.4, 0.5) is 15.9 Å². The second-order valence-electron chi connectivity index (χ2n) is 5.89. The monoisotopic (exact) mass is 415 g/mol. The molecular weight excluding hydrogens is 400 g/mol. The molecule has 0 aliphatic rings. The lowest BCUT2D eigenvalue weighted by Crippen LogP contribution is -1.99. The Hall–Kier alpha value is -2.89. The normalized spacial score (nSPS) is 10.4. The number of anilines is 2. The Bertz CT molecular complexity index is 1100. The van der Waals surface area contributed by atoms with Crippen LogP contribution >= 0.6 is 24.0 Å². The van der Waals surface area contributed by atoms with E-state index in [0.29, 0.717) is 22.2 Å². The largest absolute Gasteiger partial charge is 0.487 e. The summed E-state index contributed by atoms with van der Waals surface area (Å²) in [5.41, 5.74) is 2.09. The highest BCUT2D eigenvalue weighted by Crippen LogP contribution is 2.31.